The number of aromatic nitrogens is 1. The van der Waals surface area contributed by atoms with E-state index in [-0.39, 0.29) is 5.41 Å². The molecule has 0 bridgehead atoms. The Bertz CT molecular complexity index is 288. The second-order valence-electron chi connectivity index (χ2n) is 4.02. The summed E-state index contributed by atoms with van der Waals surface area (Å²) in [5, 5.41) is 4.29. The Morgan fingerprint density at radius 3 is 2.46 bits per heavy atom. The summed E-state index contributed by atoms with van der Waals surface area (Å²) in [6, 6.07) is 0. The molecule has 2 nitrogen and oxygen atoms in total. The Balaban J connectivity index is 2.95. The van der Waals surface area contributed by atoms with Gasteiger partial charge in [0.2, 0.25) is 0 Å². The molecule has 1 aromatic heterocycles. The van der Waals surface area contributed by atoms with Gasteiger partial charge in [0.1, 0.15) is 0 Å². The van der Waals surface area contributed by atoms with Gasteiger partial charge in [0.05, 0.1) is 14.5 Å². The largest absolute Gasteiger partial charge is 0.314 e. The van der Waals surface area contributed by atoms with Crippen molar-refractivity contribution < 1.29 is 0 Å². The molecule has 0 unspecified atom stereocenters. The fourth-order valence-corrected chi connectivity index (χ4v) is 2.49. The standard InChI is InChI=1S/C9H15BrN2S/c1-9(2,3)8-12-6(5-11-4)7(10)13-8/h11H,5H2,1-4H3. The first kappa shape index (κ1) is 11.1. The maximum absolute atomic E-state index is 4.58. The van der Waals surface area contributed by atoms with Crippen molar-refractivity contribution in [3.05, 3.63) is 14.5 Å². The molecule has 0 aromatic carbocycles. The van der Waals surface area contributed by atoms with Crippen molar-refractivity contribution >= 4 is 27.3 Å². The van der Waals surface area contributed by atoms with Gasteiger partial charge in [-0.05, 0) is 23.0 Å². The van der Waals surface area contributed by atoms with E-state index in [0.717, 1.165) is 16.0 Å². The van der Waals surface area contributed by atoms with E-state index >= 15 is 0 Å². The van der Waals surface area contributed by atoms with Crippen LogP contribution in [0.15, 0.2) is 3.79 Å². The van der Waals surface area contributed by atoms with Crippen molar-refractivity contribution in [1.29, 1.82) is 0 Å². The minimum atomic E-state index is 0.152. The third-order valence-electron chi connectivity index (χ3n) is 1.64. The maximum atomic E-state index is 4.58. The predicted octanol–water partition coefficient (Wildman–Crippen LogP) is 2.92. The van der Waals surface area contributed by atoms with Crippen molar-refractivity contribution in [3.8, 4) is 0 Å². The second kappa shape index (κ2) is 4.07. The molecule has 0 saturated carbocycles. The van der Waals surface area contributed by atoms with Gasteiger partial charge in [-0.25, -0.2) is 4.98 Å². The molecule has 4 heteroatoms. The van der Waals surface area contributed by atoms with E-state index < -0.39 is 0 Å². The van der Waals surface area contributed by atoms with Crippen molar-refractivity contribution in [2.45, 2.75) is 32.7 Å². The Labute approximate surface area is 91.9 Å². The van der Waals surface area contributed by atoms with Crippen LogP contribution in [-0.4, -0.2) is 12.0 Å². The average molecular weight is 263 g/mol. The molecule has 0 spiro atoms. The lowest BCUT2D eigenvalue weighted by Crippen LogP contribution is -2.11. The SMILES string of the molecule is CNCc1nc(C(C)(C)C)sc1Br. The van der Waals surface area contributed by atoms with Crippen LogP contribution in [-0.2, 0) is 12.0 Å². The van der Waals surface area contributed by atoms with Gasteiger partial charge in [0, 0.05) is 12.0 Å². The van der Waals surface area contributed by atoms with Gasteiger partial charge in [-0.1, -0.05) is 20.8 Å². The molecule has 0 aliphatic heterocycles. The van der Waals surface area contributed by atoms with Crippen LogP contribution < -0.4 is 5.32 Å². The number of nitrogens with zero attached hydrogens (tertiary/aromatic N) is 1. The molecule has 0 radical (unpaired) electrons. The molecule has 0 atom stereocenters. The number of halogens is 1. The van der Waals surface area contributed by atoms with Crippen LogP contribution in [0.1, 0.15) is 31.5 Å². The van der Waals surface area contributed by atoms with Crippen LogP contribution in [0.3, 0.4) is 0 Å². The number of nitrogens with one attached hydrogen (secondary N) is 1. The van der Waals surface area contributed by atoms with Gasteiger partial charge in [-0.15, -0.1) is 11.3 Å². The van der Waals surface area contributed by atoms with Crippen molar-refractivity contribution in [2.24, 2.45) is 0 Å². The summed E-state index contributed by atoms with van der Waals surface area (Å²) in [6.07, 6.45) is 0. The maximum Gasteiger partial charge on any atom is 0.0994 e. The molecule has 13 heavy (non-hydrogen) atoms. The van der Waals surface area contributed by atoms with E-state index in [9.17, 15) is 0 Å². The number of hydrogen-bond acceptors (Lipinski definition) is 3. The lowest BCUT2D eigenvalue weighted by Gasteiger charge is -2.13. The molecule has 1 rings (SSSR count). The molecule has 74 valence electrons. The normalized spacial score (nSPS) is 12.1. The van der Waals surface area contributed by atoms with E-state index in [1.807, 2.05) is 7.05 Å². The van der Waals surface area contributed by atoms with Crippen molar-refractivity contribution in [2.75, 3.05) is 7.05 Å². The van der Waals surface area contributed by atoms with E-state index in [1.165, 1.54) is 5.01 Å². The van der Waals surface area contributed by atoms with Crippen LogP contribution in [0.25, 0.3) is 0 Å². The fraction of sp³-hybridized carbons (Fsp3) is 0.667. The minimum absolute atomic E-state index is 0.152. The third kappa shape index (κ3) is 2.76. The predicted molar refractivity (Wildman–Crippen MR) is 61.3 cm³/mol. The van der Waals surface area contributed by atoms with Gasteiger partial charge in [-0.3, -0.25) is 0 Å². The molecular formula is C9H15BrN2S. The quantitative estimate of drug-likeness (QED) is 0.887. The molecule has 0 aliphatic carbocycles. The zero-order chi connectivity index (χ0) is 10.1. The van der Waals surface area contributed by atoms with Crippen LogP contribution in [0.4, 0.5) is 0 Å². The van der Waals surface area contributed by atoms with Gasteiger partial charge in [0.25, 0.3) is 0 Å². The highest BCUT2D eigenvalue weighted by atomic mass is 79.9. The van der Waals surface area contributed by atoms with E-state index in [0.29, 0.717) is 0 Å². The highest BCUT2D eigenvalue weighted by molar-refractivity contribution is 9.11. The fourth-order valence-electron chi connectivity index (χ4n) is 0.930. The first-order valence-corrected chi connectivity index (χ1v) is 5.86. The van der Waals surface area contributed by atoms with Crippen LogP contribution >= 0.6 is 27.3 Å². The van der Waals surface area contributed by atoms with E-state index in [4.69, 9.17) is 0 Å². The van der Waals surface area contributed by atoms with Gasteiger partial charge < -0.3 is 5.32 Å². The van der Waals surface area contributed by atoms with Gasteiger partial charge in [0.15, 0.2) is 0 Å². The molecule has 1 aromatic rings. The Morgan fingerprint density at radius 1 is 1.46 bits per heavy atom. The first-order valence-electron chi connectivity index (χ1n) is 4.25. The summed E-state index contributed by atoms with van der Waals surface area (Å²) in [4.78, 5) is 4.58. The molecule has 1 N–H and O–H groups in total. The monoisotopic (exact) mass is 262 g/mol. The highest BCUT2D eigenvalue weighted by Gasteiger charge is 2.20. The summed E-state index contributed by atoms with van der Waals surface area (Å²) in [5.41, 5.74) is 1.26. The lowest BCUT2D eigenvalue weighted by molar-refractivity contribution is 0.581. The molecule has 1 heterocycles. The van der Waals surface area contributed by atoms with E-state index in [2.05, 4.69) is 47.0 Å². The van der Waals surface area contributed by atoms with Crippen LogP contribution in [0.5, 0.6) is 0 Å². The molecule has 0 amide bonds. The molecule has 0 fully saturated rings. The number of rotatable bonds is 2. The smallest absolute Gasteiger partial charge is 0.0994 e. The highest BCUT2D eigenvalue weighted by Crippen LogP contribution is 2.32. The van der Waals surface area contributed by atoms with Crippen molar-refractivity contribution in [1.82, 2.24) is 10.3 Å². The Hall–Kier alpha value is 0.0700. The van der Waals surface area contributed by atoms with Crippen molar-refractivity contribution in [3.63, 3.8) is 0 Å². The number of thiazole rings is 1. The lowest BCUT2D eigenvalue weighted by atomic mass is 9.98. The second-order valence-corrected chi connectivity index (χ2v) is 6.34. The summed E-state index contributed by atoms with van der Waals surface area (Å²) >= 11 is 5.25. The van der Waals surface area contributed by atoms with E-state index in [1.54, 1.807) is 11.3 Å². The summed E-state index contributed by atoms with van der Waals surface area (Å²) in [5.74, 6) is 0. The summed E-state index contributed by atoms with van der Waals surface area (Å²) in [7, 11) is 1.93. The van der Waals surface area contributed by atoms with Crippen LogP contribution in [0, 0.1) is 0 Å². The zero-order valence-electron chi connectivity index (χ0n) is 8.44. The topological polar surface area (TPSA) is 24.9 Å². The molecule has 0 saturated heterocycles. The third-order valence-corrected chi connectivity index (χ3v) is 3.89. The average Bonchev–Trinajstić information content (AvgIpc) is 2.32. The van der Waals surface area contributed by atoms with Crippen LogP contribution in [0.2, 0.25) is 0 Å². The first-order chi connectivity index (χ1) is 5.95. The summed E-state index contributed by atoms with van der Waals surface area (Å²) in [6.45, 7) is 7.37. The summed E-state index contributed by atoms with van der Waals surface area (Å²) < 4.78 is 1.15. The zero-order valence-corrected chi connectivity index (χ0v) is 10.8. The number of hydrogen-bond donors (Lipinski definition) is 1. The Morgan fingerprint density at radius 2 is 2.08 bits per heavy atom. The van der Waals surface area contributed by atoms with Gasteiger partial charge >= 0.3 is 0 Å². The molecule has 0 aliphatic rings. The molecular weight excluding hydrogens is 248 g/mol. The minimum Gasteiger partial charge on any atom is -0.314 e. The Kier molecular flexibility index (Phi) is 3.49. The van der Waals surface area contributed by atoms with Gasteiger partial charge in [-0.2, -0.15) is 0 Å².